The molecule has 6 heteroatoms. The molecule has 0 radical (unpaired) electrons. The molecule has 0 spiro atoms. The van der Waals surface area contributed by atoms with Gasteiger partial charge in [-0.15, -0.1) is 0 Å². The van der Waals surface area contributed by atoms with Crippen LogP contribution in [0.25, 0.3) is 0 Å². The number of hydrogen-bond donors (Lipinski definition) is 1. The molecule has 0 aromatic carbocycles. The Hall–Kier alpha value is -0.620. The smallest absolute Gasteiger partial charge is 0.322 e. The zero-order valence-electron chi connectivity index (χ0n) is 8.14. The van der Waals surface area contributed by atoms with Gasteiger partial charge in [0.25, 0.3) is 0 Å². The highest BCUT2D eigenvalue weighted by atomic mass is 32.2. The van der Waals surface area contributed by atoms with E-state index in [1.54, 1.807) is 0 Å². The SMILES string of the molecule is CCCC(C(=O)O)N1CCCS1(=O)=O. The lowest BCUT2D eigenvalue weighted by molar-refractivity contribution is -0.141. The summed E-state index contributed by atoms with van der Waals surface area (Å²) in [6, 6.07) is -0.868. The monoisotopic (exact) mass is 221 g/mol. The number of nitrogens with zero attached hydrogens (tertiary/aromatic N) is 1. The molecular weight excluding hydrogens is 206 g/mol. The van der Waals surface area contributed by atoms with E-state index in [4.69, 9.17) is 5.11 Å². The number of sulfonamides is 1. The van der Waals surface area contributed by atoms with Crippen molar-refractivity contribution in [3.05, 3.63) is 0 Å². The van der Waals surface area contributed by atoms with E-state index in [0.717, 1.165) is 4.31 Å². The van der Waals surface area contributed by atoms with Gasteiger partial charge in [-0.05, 0) is 12.8 Å². The normalized spacial score (nSPS) is 23.5. The van der Waals surface area contributed by atoms with Gasteiger partial charge in [-0.2, -0.15) is 4.31 Å². The molecule has 1 fully saturated rings. The van der Waals surface area contributed by atoms with Crippen LogP contribution in [0, 0.1) is 0 Å². The van der Waals surface area contributed by atoms with E-state index >= 15 is 0 Å². The summed E-state index contributed by atoms with van der Waals surface area (Å²) < 4.78 is 24.0. The summed E-state index contributed by atoms with van der Waals surface area (Å²) in [5, 5.41) is 8.89. The third-order valence-corrected chi connectivity index (χ3v) is 4.29. The minimum atomic E-state index is -3.30. The lowest BCUT2D eigenvalue weighted by Crippen LogP contribution is -2.42. The van der Waals surface area contributed by atoms with Crippen LogP contribution in [0.5, 0.6) is 0 Å². The van der Waals surface area contributed by atoms with Crippen LogP contribution < -0.4 is 0 Å². The van der Waals surface area contributed by atoms with Crippen molar-refractivity contribution in [2.75, 3.05) is 12.3 Å². The van der Waals surface area contributed by atoms with Crippen molar-refractivity contribution in [3.8, 4) is 0 Å². The molecule has 0 amide bonds. The summed E-state index contributed by atoms with van der Waals surface area (Å²) >= 11 is 0. The van der Waals surface area contributed by atoms with E-state index < -0.39 is 22.0 Å². The first-order valence-electron chi connectivity index (χ1n) is 4.71. The van der Waals surface area contributed by atoms with Gasteiger partial charge in [-0.25, -0.2) is 8.42 Å². The van der Waals surface area contributed by atoms with E-state index in [2.05, 4.69) is 0 Å². The molecule has 14 heavy (non-hydrogen) atoms. The Kier molecular flexibility index (Phi) is 3.49. The summed E-state index contributed by atoms with van der Waals surface area (Å²) in [5.74, 6) is -0.960. The molecule has 1 rings (SSSR count). The summed E-state index contributed by atoms with van der Waals surface area (Å²) in [4.78, 5) is 10.9. The molecule has 1 aliphatic heterocycles. The van der Waals surface area contributed by atoms with E-state index in [9.17, 15) is 13.2 Å². The van der Waals surface area contributed by atoms with Gasteiger partial charge in [-0.3, -0.25) is 4.79 Å². The van der Waals surface area contributed by atoms with Gasteiger partial charge in [0.2, 0.25) is 10.0 Å². The average molecular weight is 221 g/mol. The minimum Gasteiger partial charge on any atom is -0.480 e. The van der Waals surface area contributed by atoms with Crippen LogP contribution in [0.15, 0.2) is 0 Å². The fourth-order valence-corrected chi connectivity index (χ4v) is 3.39. The fraction of sp³-hybridized carbons (Fsp3) is 0.875. The van der Waals surface area contributed by atoms with Crippen LogP contribution >= 0.6 is 0 Å². The van der Waals surface area contributed by atoms with Crippen LogP contribution in [0.2, 0.25) is 0 Å². The molecule has 1 heterocycles. The third kappa shape index (κ3) is 2.24. The maximum atomic E-state index is 11.4. The summed E-state index contributed by atoms with van der Waals surface area (Å²) in [5.41, 5.74) is 0. The van der Waals surface area contributed by atoms with E-state index in [0.29, 0.717) is 25.8 Å². The Morgan fingerprint density at radius 3 is 2.57 bits per heavy atom. The van der Waals surface area contributed by atoms with Gasteiger partial charge in [0, 0.05) is 6.54 Å². The lowest BCUT2D eigenvalue weighted by Gasteiger charge is -2.21. The van der Waals surface area contributed by atoms with Crippen LogP contribution in [-0.2, 0) is 14.8 Å². The second-order valence-corrected chi connectivity index (χ2v) is 5.46. The summed E-state index contributed by atoms with van der Waals surface area (Å²) in [6.45, 7) is 2.19. The van der Waals surface area contributed by atoms with Gasteiger partial charge in [0.15, 0.2) is 0 Å². The Morgan fingerprint density at radius 1 is 1.57 bits per heavy atom. The van der Waals surface area contributed by atoms with Crippen molar-refractivity contribution in [1.82, 2.24) is 4.31 Å². The molecule has 5 nitrogen and oxygen atoms in total. The minimum absolute atomic E-state index is 0.0838. The molecule has 0 aromatic rings. The molecule has 82 valence electrons. The van der Waals surface area contributed by atoms with Crippen molar-refractivity contribution in [1.29, 1.82) is 0 Å². The van der Waals surface area contributed by atoms with Crippen LogP contribution in [-0.4, -0.2) is 42.1 Å². The molecule has 0 aromatic heterocycles. The quantitative estimate of drug-likeness (QED) is 0.739. The maximum Gasteiger partial charge on any atom is 0.322 e. The highest BCUT2D eigenvalue weighted by molar-refractivity contribution is 7.89. The second kappa shape index (κ2) is 4.27. The molecule has 0 bridgehead atoms. The Balaban J connectivity index is 2.83. The van der Waals surface area contributed by atoms with E-state index in [1.165, 1.54) is 0 Å². The average Bonchev–Trinajstić information content (AvgIpc) is 2.40. The predicted octanol–water partition coefficient (Wildman–Crippen LogP) is 0.275. The maximum absolute atomic E-state index is 11.4. The first-order chi connectivity index (χ1) is 6.49. The van der Waals surface area contributed by atoms with Crippen molar-refractivity contribution in [3.63, 3.8) is 0 Å². The van der Waals surface area contributed by atoms with Crippen LogP contribution in [0.1, 0.15) is 26.2 Å². The number of aliphatic carboxylic acids is 1. The fourth-order valence-electron chi connectivity index (χ4n) is 1.67. The molecule has 1 unspecified atom stereocenters. The van der Waals surface area contributed by atoms with Gasteiger partial charge in [-0.1, -0.05) is 13.3 Å². The summed E-state index contributed by atoms with van der Waals surface area (Å²) in [6.07, 6.45) is 1.59. The molecule has 1 N–H and O–H groups in total. The van der Waals surface area contributed by atoms with Gasteiger partial charge >= 0.3 is 5.97 Å². The number of carbonyl (C=O) groups is 1. The second-order valence-electron chi connectivity index (χ2n) is 3.42. The van der Waals surface area contributed by atoms with Crippen LogP contribution in [0.4, 0.5) is 0 Å². The van der Waals surface area contributed by atoms with Crippen LogP contribution in [0.3, 0.4) is 0 Å². The van der Waals surface area contributed by atoms with Gasteiger partial charge in [0.05, 0.1) is 5.75 Å². The van der Waals surface area contributed by atoms with Gasteiger partial charge in [0.1, 0.15) is 6.04 Å². The Bertz CT molecular complexity index is 311. The van der Waals surface area contributed by atoms with Crippen molar-refractivity contribution < 1.29 is 18.3 Å². The zero-order chi connectivity index (χ0) is 10.8. The Labute approximate surface area is 83.8 Å². The molecule has 0 saturated carbocycles. The number of hydrogen-bond acceptors (Lipinski definition) is 3. The molecule has 0 aliphatic carbocycles. The first-order valence-corrected chi connectivity index (χ1v) is 6.32. The molecule has 1 saturated heterocycles. The van der Waals surface area contributed by atoms with E-state index in [-0.39, 0.29) is 5.75 Å². The van der Waals surface area contributed by atoms with Crippen molar-refractivity contribution >= 4 is 16.0 Å². The standard InChI is InChI=1S/C8H15NO4S/c1-2-4-7(8(10)11)9-5-3-6-14(9,12)13/h7H,2-6H2,1H3,(H,10,11). The molecule has 1 atom stereocenters. The largest absolute Gasteiger partial charge is 0.480 e. The van der Waals surface area contributed by atoms with Crippen molar-refractivity contribution in [2.45, 2.75) is 32.2 Å². The number of rotatable bonds is 4. The zero-order valence-corrected chi connectivity index (χ0v) is 8.96. The van der Waals surface area contributed by atoms with Gasteiger partial charge < -0.3 is 5.11 Å². The first kappa shape index (κ1) is 11.5. The predicted molar refractivity (Wildman–Crippen MR) is 51.4 cm³/mol. The van der Waals surface area contributed by atoms with E-state index in [1.807, 2.05) is 6.92 Å². The lowest BCUT2D eigenvalue weighted by atomic mass is 10.1. The number of carboxylic acids is 1. The summed E-state index contributed by atoms with van der Waals surface area (Å²) in [7, 11) is -3.30. The molecule has 1 aliphatic rings. The van der Waals surface area contributed by atoms with Crippen molar-refractivity contribution in [2.24, 2.45) is 0 Å². The Morgan fingerprint density at radius 2 is 2.21 bits per heavy atom. The highest BCUT2D eigenvalue weighted by Gasteiger charge is 2.37. The molecular formula is C8H15NO4S. The topological polar surface area (TPSA) is 74.7 Å². The highest BCUT2D eigenvalue weighted by Crippen LogP contribution is 2.20. The third-order valence-electron chi connectivity index (χ3n) is 2.33. The number of carboxylic acid groups (broad SMARTS) is 1.